The van der Waals surface area contributed by atoms with Crippen LogP contribution >= 0.6 is 0 Å². The van der Waals surface area contributed by atoms with Crippen molar-refractivity contribution < 1.29 is 4.74 Å². The Bertz CT molecular complexity index is 433. The molecular weight excluding hydrogens is 246 g/mol. The van der Waals surface area contributed by atoms with Gasteiger partial charge in [0.1, 0.15) is 0 Å². The molecule has 0 amide bonds. The van der Waals surface area contributed by atoms with Crippen molar-refractivity contribution in [2.24, 2.45) is 0 Å². The number of hydrogen-bond donors (Lipinski definition) is 1. The molecule has 1 aliphatic carbocycles. The SMILES string of the molecule is CC(C)c1ccc(CNC2CCOC3(CCC3)C2)cc1. The average Bonchev–Trinajstić information content (AvgIpc) is 2.44. The first-order chi connectivity index (χ1) is 9.67. The van der Waals surface area contributed by atoms with Gasteiger partial charge in [0.05, 0.1) is 5.60 Å². The molecule has 1 N–H and O–H groups in total. The summed E-state index contributed by atoms with van der Waals surface area (Å²) < 4.78 is 5.99. The molecule has 1 aliphatic heterocycles. The van der Waals surface area contributed by atoms with Crippen molar-refractivity contribution >= 4 is 0 Å². The normalized spacial score (nSPS) is 24.9. The van der Waals surface area contributed by atoms with Gasteiger partial charge in [-0.05, 0) is 49.1 Å². The van der Waals surface area contributed by atoms with Crippen molar-refractivity contribution in [1.82, 2.24) is 5.32 Å². The second kappa shape index (κ2) is 5.87. The number of rotatable bonds is 4. The van der Waals surface area contributed by atoms with Gasteiger partial charge in [-0.1, -0.05) is 38.1 Å². The Morgan fingerprint density at radius 2 is 2.00 bits per heavy atom. The lowest BCUT2D eigenvalue weighted by atomic mass is 9.74. The second-order valence-electron chi connectivity index (χ2n) is 6.85. The Morgan fingerprint density at radius 1 is 1.25 bits per heavy atom. The molecule has 110 valence electrons. The minimum atomic E-state index is 0.247. The molecule has 1 atom stereocenters. The summed E-state index contributed by atoms with van der Waals surface area (Å²) in [6.07, 6.45) is 6.26. The molecule has 1 saturated carbocycles. The largest absolute Gasteiger partial charge is 0.375 e. The molecule has 1 aromatic carbocycles. The molecule has 0 bridgehead atoms. The smallest absolute Gasteiger partial charge is 0.0697 e. The van der Waals surface area contributed by atoms with Crippen LogP contribution in [0.1, 0.15) is 63.0 Å². The Kier molecular flexibility index (Phi) is 4.13. The lowest BCUT2D eigenvalue weighted by Gasteiger charge is -2.47. The van der Waals surface area contributed by atoms with Gasteiger partial charge in [0.25, 0.3) is 0 Å². The summed E-state index contributed by atoms with van der Waals surface area (Å²) in [4.78, 5) is 0. The van der Waals surface area contributed by atoms with E-state index in [4.69, 9.17) is 4.74 Å². The maximum absolute atomic E-state index is 5.99. The second-order valence-corrected chi connectivity index (χ2v) is 6.85. The van der Waals surface area contributed by atoms with Crippen molar-refractivity contribution in [1.29, 1.82) is 0 Å². The number of nitrogens with one attached hydrogen (secondary N) is 1. The first kappa shape index (κ1) is 14.1. The van der Waals surface area contributed by atoms with Gasteiger partial charge in [0, 0.05) is 19.2 Å². The molecule has 0 aromatic heterocycles. The summed E-state index contributed by atoms with van der Waals surface area (Å²) in [5.41, 5.74) is 3.06. The zero-order valence-corrected chi connectivity index (χ0v) is 12.8. The third kappa shape index (κ3) is 3.07. The van der Waals surface area contributed by atoms with Crippen LogP contribution in [-0.4, -0.2) is 18.2 Å². The molecule has 1 unspecified atom stereocenters. The molecule has 1 saturated heterocycles. The van der Waals surface area contributed by atoms with Crippen LogP contribution in [0.2, 0.25) is 0 Å². The summed E-state index contributed by atoms with van der Waals surface area (Å²) in [6, 6.07) is 9.69. The molecular formula is C18H27NO. The predicted octanol–water partition coefficient (Wildman–Crippen LogP) is 4.00. The highest BCUT2D eigenvalue weighted by Crippen LogP contribution is 2.42. The van der Waals surface area contributed by atoms with E-state index in [2.05, 4.69) is 43.4 Å². The Morgan fingerprint density at radius 3 is 2.60 bits per heavy atom. The summed E-state index contributed by atoms with van der Waals surface area (Å²) in [5.74, 6) is 0.617. The predicted molar refractivity (Wildman–Crippen MR) is 82.9 cm³/mol. The van der Waals surface area contributed by atoms with Crippen molar-refractivity contribution in [2.75, 3.05) is 6.61 Å². The molecule has 3 rings (SSSR count). The highest BCUT2D eigenvalue weighted by molar-refractivity contribution is 5.24. The maximum atomic E-state index is 5.99. The van der Waals surface area contributed by atoms with E-state index in [1.54, 1.807) is 0 Å². The monoisotopic (exact) mass is 273 g/mol. The summed E-state index contributed by atoms with van der Waals surface area (Å²) in [7, 11) is 0. The van der Waals surface area contributed by atoms with Crippen LogP contribution in [0.25, 0.3) is 0 Å². The van der Waals surface area contributed by atoms with E-state index in [1.165, 1.54) is 36.8 Å². The Labute approximate surface area is 122 Å². The lowest BCUT2D eigenvalue weighted by molar-refractivity contribution is -0.135. The van der Waals surface area contributed by atoms with Crippen LogP contribution in [0, 0.1) is 0 Å². The number of ether oxygens (including phenoxy) is 1. The fourth-order valence-electron chi connectivity index (χ4n) is 3.40. The quantitative estimate of drug-likeness (QED) is 0.895. The third-order valence-corrected chi connectivity index (χ3v) is 5.00. The van der Waals surface area contributed by atoms with Gasteiger partial charge in [0.2, 0.25) is 0 Å². The fourth-order valence-corrected chi connectivity index (χ4v) is 3.40. The van der Waals surface area contributed by atoms with E-state index in [0.29, 0.717) is 12.0 Å². The van der Waals surface area contributed by atoms with Crippen LogP contribution in [0.15, 0.2) is 24.3 Å². The molecule has 20 heavy (non-hydrogen) atoms. The van der Waals surface area contributed by atoms with Crippen LogP contribution in [0.4, 0.5) is 0 Å². The van der Waals surface area contributed by atoms with Crippen molar-refractivity contribution in [3.05, 3.63) is 35.4 Å². The summed E-state index contributed by atoms with van der Waals surface area (Å²) >= 11 is 0. The average molecular weight is 273 g/mol. The standard InChI is InChI=1S/C18H27NO/c1-14(2)16-6-4-15(5-7-16)13-19-17-8-11-20-18(12-17)9-3-10-18/h4-7,14,17,19H,3,8-13H2,1-2H3. The maximum Gasteiger partial charge on any atom is 0.0697 e. The molecule has 2 nitrogen and oxygen atoms in total. The van der Waals surface area contributed by atoms with Gasteiger partial charge in [-0.25, -0.2) is 0 Å². The molecule has 2 heteroatoms. The zero-order chi connectivity index (χ0) is 14.0. The topological polar surface area (TPSA) is 21.3 Å². The van der Waals surface area contributed by atoms with Gasteiger partial charge in [-0.3, -0.25) is 0 Å². The fraction of sp³-hybridized carbons (Fsp3) is 0.667. The van der Waals surface area contributed by atoms with E-state index >= 15 is 0 Å². The van der Waals surface area contributed by atoms with Crippen molar-refractivity contribution in [3.63, 3.8) is 0 Å². The molecule has 0 radical (unpaired) electrons. The van der Waals surface area contributed by atoms with Crippen LogP contribution in [-0.2, 0) is 11.3 Å². The first-order valence-electron chi connectivity index (χ1n) is 8.13. The van der Waals surface area contributed by atoms with E-state index in [0.717, 1.165) is 19.6 Å². The minimum absolute atomic E-state index is 0.247. The Hall–Kier alpha value is -0.860. The number of benzene rings is 1. The van der Waals surface area contributed by atoms with E-state index in [9.17, 15) is 0 Å². The van der Waals surface area contributed by atoms with Gasteiger partial charge < -0.3 is 10.1 Å². The van der Waals surface area contributed by atoms with Crippen LogP contribution < -0.4 is 5.32 Å². The minimum Gasteiger partial charge on any atom is -0.375 e. The van der Waals surface area contributed by atoms with Crippen LogP contribution in [0.5, 0.6) is 0 Å². The molecule has 1 spiro atoms. The molecule has 1 heterocycles. The first-order valence-corrected chi connectivity index (χ1v) is 8.13. The van der Waals surface area contributed by atoms with Crippen molar-refractivity contribution in [2.45, 2.75) is 70.1 Å². The van der Waals surface area contributed by atoms with Gasteiger partial charge >= 0.3 is 0 Å². The summed E-state index contributed by atoms with van der Waals surface area (Å²) in [6.45, 7) is 6.41. The molecule has 2 aliphatic rings. The van der Waals surface area contributed by atoms with E-state index < -0.39 is 0 Å². The summed E-state index contributed by atoms with van der Waals surface area (Å²) in [5, 5.41) is 3.73. The van der Waals surface area contributed by atoms with Gasteiger partial charge in [-0.15, -0.1) is 0 Å². The zero-order valence-electron chi connectivity index (χ0n) is 12.8. The molecule has 2 fully saturated rings. The lowest BCUT2D eigenvalue weighted by Crippen LogP contribution is -2.50. The van der Waals surface area contributed by atoms with Crippen molar-refractivity contribution in [3.8, 4) is 0 Å². The van der Waals surface area contributed by atoms with Gasteiger partial charge in [-0.2, -0.15) is 0 Å². The molecule has 1 aromatic rings. The van der Waals surface area contributed by atoms with Crippen LogP contribution in [0.3, 0.4) is 0 Å². The highest BCUT2D eigenvalue weighted by atomic mass is 16.5. The Balaban J connectivity index is 1.51. The number of hydrogen-bond acceptors (Lipinski definition) is 2. The van der Waals surface area contributed by atoms with E-state index in [1.807, 2.05) is 0 Å². The third-order valence-electron chi connectivity index (χ3n) is 5.00. The van der Waals surface area contributed by atoms with E-state index in [-0.39, 0.29) is 5.60 Å². The highest BCUT2D eigenvalue weighted by Gasteiger charge is 2.42. The van der Waals surface area contributed by atoms with Gasteiger partial charge in [0.15, 0.2) is 0 Å².